The van der Waals surface area contributed by atoms with Crippen LogP contribution in [0.2, 0.25) is 0 Å². The molecule has 1 atom stereocenters. The van der Waals surface area contributed by atoms with Gasteiger partial charge in [-0.05, 0) is 66.4 Å². The van der Waals surface area contributed by atoms with E-state index in [1.165, 1.54) is 28.7 Å². The Labute approximate surface area is 233 Å². The van der Waals surface area contributed by atoms with Crippen LogP contribution >= 0.6 is 0 Å². The Morgan fingerprint density at radius 1 is 1.05 bits per heavy atom. The monoisotopic (exact) mass is 555 g/mol. The summed E-state index contributed by atoms with van der Waals surface area (Å²) in [6.45, 7) is 2.78. The largest absolute Gasteiger partial charge is 0.489 e. The van der Waals surface area contributed by atoms with Crippen molar-refractivity contribution in [1.82, 2.24) is 14.9 Å². The molecule has 1 amide bonds. The number of sulfone groups is 1. The van der Waals surface area contributed by atoms with Crippen LogP contribution < -0.4 is 15.0 Å². The minimum atomic E-state index is -3.58. The van der Waals surface area contributed by atoms with E-state index in [4.69, 9.17) is 10.00 Å². The van der Waals surface area contributed by atoms with Crippen molar-refractivity contribution >= 4 is 21.6 Å². The van der Waals surface area contributed by atoms with Gasteiger partial charge in [-0.15, -0.1) is 0 Å². The second-order valence-electron chi connectivity index (χ2n) is 9.66. The minimum Gasteiger partial charge on any atom is -0.489 e. The number of anilines is 1. The van der Waals surface area contributed by atoms with Crippen LogP contribution in [0.1, 0.15) is 12.0 Å². The van der Waals surface area contributed by atoms with Crippen LogP contribution in [-0.4, -0.2) is 49.4 Å². The summed E-state index contributed by atoms with van der Waals surface area (Å²) in [6.07, 6.45) is 4.26. The van der Waals surface area contributed by atoms with E-state index in [2.05, 4.69) is 27.3 Å². The van der Waals surface area contributed by atoms with Crippen molar-refractivity contribution in [1.29, 1.82) is 5.26 Å². The molecule has 1 aliphatic rings. The van der Waals surface area contributed by atoms with Crippen molar-refractivity contribution in [3.63, 3.8) is 0 Å². The van der Waals surface area contributed by atoms with Crippen LogP contribution in [0.15, 0.2) is 96.3 Å². The molecule has 5 rings (SSSR count). The number of carbonyl (C=O) groups excluding carboxylic acids is 1. The third-order valence-electron chi connectivity index (χ3n) is 6.86. The van der Waals surface area contributed by atoms with E-state index in [1.807, 2.05) is 42.5 Å². The van der Waals surface area contributed by atoms with Crippen LogP contribution in [-0.2, 0) is 16.4 Å². The average Bonchev–Trinajstić information content (AvgIpc) is 3.67. The number of benzene rings is 3. The molecule has 2 heterocycles. The van der Waals surface area contributed by atoms with E-state index in [0.29, 0.717) is 23.9 Å². The fourth-order valence-corrected chi connectivity index (χ4v) is 5.52. The maximum atomic E-state index is 12.7. The molecule has 3 aromatic carbocycles. The predicted molar refractivity (Wildman–Crippen MR) is 152 cm³/mol. The summed E-state index contributed by atoms with van der Waals surface area (Å²) in [6, 6.07) is 25.5. The maximum absolute atomic E-state index is 12.7. The first-order chi connectivity index (χ1) is 19.4. The van der Waals surface area contributed by atoms with Gasteiger partial charge in [0.25, 0.3) is 0 Å². The standard InChI is InChI=1S/C30H29N5O4S/c31-15-17-40(37,38)28-12-6-23(7-13-28)21-39-27-10-8-25(9-11-27)29-20-35(22-33-29)30(36)32-18-24-14-16-34(19-24)26-4-2-1-3-5-26/h1-13,20,22,24H,14,16-19,21H2,(H,32,36). The fraction of sp³-hybridized carbons (Fsp3) is 0.233. The number of amides is 1. The summed E-state index contributed by atoms with van der Waals surface area (Å²) in [4.78, 5) is 19.6. The first kappa shape index (κ1) is 27.0. The molecule has 0 bridgehead atoms. The highest BCUT2D eigenvalue weighted by atomic mass is 32.2. The number of hydrogen-bond donors (Lipinski definition) is 1. The van der Waals surface area contributed by atoms with E-state index in [-0.39, 0.29) is 17.5 Å². The molecule has 0 aliphatic carbocycles. The zero-order valence-corrected chi connectivity index (χ0v) is 22.6. The molecule has 9 nitrogen and oxygen atoms in total. The lowest BCUT2D eigenvalue weighted by molar-refractivity contribution is 0.240. The lowest BCUT2D eigenvalue weighted by atomic mass is 10.1. The van der Waals surface area contributed by atoms with E-state index in [9.17, 15) is 13.2 Å². The van der Waals surface area contributed by atoms with Gasteiger partial charge in [-0.1, -0.05) is 30.3 Å². The lowest BCUT2D eigenvalue weighted by Gasteiger charge is -2.18. The zero-order valence-electron chi connectivity index (χ0n) is 21.8. The van der Waals surface area contributed by atoms with Gasteiger partial charge >= 0.3 is 6.03 Å². The molecule has 1 N–H and O–H groups in total. The lowest BCUT2D eigenvalue weighted by Crippen LogP contribution is -2.33. The first-order valence-corrected chi connectivity index (χ1v) is 14.6. The molecule has 0 radical (unpaired) electrons. The minimum absolute atomic E-state index is 0.114. The van der Waals surface area contributed by atoms with Crippen molar-refractivity contribution in [2.75, 3.05) is 30.3 Å². The second kappa shape index (κ2) is 12.1. The molecule has 1 fully saturated rings. The van der Waals surface area contributed by atoms with Gasteiger partial charge < -0.3 is 15.0 Å². The van der Waals surface area contributed by atoms with E-state index in [0.717, 1.165) is 30.6 Å². The number of ether oxygens (including phenoxy) is 1. The van der Waals surface area contributed by atoms with Crippen LogP contribution in [0.4, 0.5) is 10.5 Å². The quantitative estimate of drug-likeness (QED) is 0.323. The van der Waals surface area contributed by atoms with E-state index in [1.54, 1.807) is 24.4 Å². The third kappa shape index (κ3) is 6.50. The number of nitrogens with zero attached hydrogens (tertiary/aromatic N) is 4. The zero-order chi connectivity index (χ0) is 28.0. The summed E-state index contributed by atoms with van der Waals surface area (Å²) in [7, 11) is -3.58. The Balaban J connectivity index is 1.11. The second-order valence-corrected chi connectivity index (χ2v) is 11.7. The molecule has 0 saturated carbocycles. The summed E-state index contributed by atoms with van der Waals surface area (Å²) in [5, 5.41) is 11.7. The van der Waals surface area contributed by atoms with E-state index >= 15 is 0 Å². The number of imidazole rings is 1. The van der Waals surface area contributed by atoms with Crippen LogP contribution in [0, 0.1) is 17.2 Å². The normalized spacial score (nSPS) is 15.0. The van der Waals surface area contributed by atoms with Gasteiger partial charge in [0.2, 0.25) is 0 Å². The molecule has 40 heavy (non-hydrogen) atoms. The number of nitriles is 1. The van der Waals surface area contributed by atoms with Crippen molar-refractivity contribution in [3.05, 3.63) is 97.0 Å². The summed E-state index contributed by atoms with van der Waals surface area (Å²) in [5.74, 6) is 0.490. The Hall–Kier alpha value is -4.62. The molecule has 204 valence electrons. The Morgan fingerprint density at radius 2 is 1.80 bits per heavy atom. The first-order valence-electron chi connectivity index (χ1n) is 13.0. The SMILES string of the molecule is N#CCS(=O)(=O)c1ccc(COc2ccc(-c3cn(C(=O)NCC4CCN(c5ccccc5)C4)cn3)cc2)cc1. The van der Waals surface area contributed by atoms with Crippen LogP contribution in [0.3, 0.4) is 0 Å². The average molecular weight is 556 g/mol. The van der Waals surface area contributed by atoms with Gasteiger partial charge in [-0.2, -0.15) is 5.26 Å². The fourth-order valence-electron chi connectivity index (χ4n) is 4.63. The van der Waals surface area contributed by atoms with Gasteiger partial charge in [0.1, 0.15) is 24.4 Å². The molecule has 1 unspecified atom stereocenters. The summed E-state index contributed by atoms with van der Waals surface area (Å²) in [5.41, 5.74) is 3.54. The molecule has 4 aromatic rings. The highest BCUT2D eigenvalue weighted by Gasteiger charge is 2.23. The number of hydrogen-bond acceptors (Lipinski definition) is 7. The van der Waals surface area contributed by atoms with Gasteiger partial charge in [0.05, 0.1) is 16.7 Å². The molecular weight excluding hydrogens is 526 g/mol. The Bertz CT molecular complexity index is 1590. The molecule has 1 aliphatic heterocycles. The summed E-state index contributed by atoms with van der Waals surface area (Å²) >= 11 is 0. The Morgan fingerprint density at radius 3 is 2.52 bits per heavy atom. The van der Waals surface area contributed by atoms with E-state index < -0.39 is 15.6 Å². The number of para-hydroxylation sites is 1. The smallest absolute Gasteiger partial charge is 0.326 e. The molecular formula is C30H29N5O4S. The van der Waals surface area contributed by atoms with Crippen molar-refractivity contribution in [2.45, 2.75) is 17.9 Å². The topological polar surface area (TPSA) is 117 Å². The number of aromatic nitrogens is 2. The number of nitrogens with one attached hydrogen (secondary N) is 1. The highest BCUT2D eigenvalue weighted by molar-refractivity contribution is 7.91. The van der Waals surface area contributed by atoms with Gasteiger partial charge in [0.15, 0.2) is 9.84 Å². The highest BCUT2D eigenvalue weighted by Crippen LogP contribution is 2.24. The Kier molecular flexibility index (Phi) is 8.12. The van der Waals surface area contributed by atoms with Crippen molar-refractivity contribution in [3.8, 4) is 23.1 Å². The maximum Gasteiger partial charge on any atom is 0.326 e. The molecule has 10 heteroatoms. The summed E-state index contributed by atoms with van der Waals surface area (Å²) < 4.78 is 31.2. The van der Waals surface area contributed by atoms with Gasteiger partial charge in [0, 0.05) is 37.1 Å². The molecule has 1 aromatic heterocycles. The van der Waals surface area contributed by atoms with Crippen LogP contribution in [0.25, 0.3) is 11.3 Å². The van der Waals surface area contributed by atoms with Crippen molar-refractivity contribution in [2.24, 2.45) is 5.92 Å². The third-order valence-corrected chi connectivity index (χ3v) is 8.36. The molecule has 0 spiro atoms. The van der Waals surface area contributed by atoms with Crippen molar-refractivity contribution < 1.29 is 17.9 Å². The van der Waals surface area contributed by atoms with Gasteiger partial charge in [-0.25, -0.2) is 18.2 Å². The van der Waals surface area contributed by atoms with Crippen LogP contribution in [0.5, 0.6) is 5.75 Å². The number of carbonyl (C=O) groups is 1. The predicted octanol–water partition coefficient (Wildman–Crippen LogP) is 4.51. The molecule has 1 saturated heterocycles. The van der Waals surface area contributed by atoms with Gasteiger partial charge in [-0.3, -0.25) is 4.57 Å². The number of rotatable bonds is 9.